The predicted molar refractivity (Wildman–Crippen MR) is 104 cm³/mol. The fourth-order valence-electron chi connectivity index (χ4n) is 2.68. The standard InChI is InChI=1S/C21H29ClO2/c1-16(2)15-24-19-9-10-20-17(3)21(11-8-18(20)14-19)23-13-7-5-4-6-12-22/h8-11,14,16H,4-7,12-13,15H2,1-3H3. The summed E-state index contributed by atoms with van der Waals surface area (Å²) in [4.78, 5) is 0. The molecule has 0 amide bonds. The molecule has 0 spiro atoms. The molecular weight excluding hydrogens is 320 g/mol. The SMILES string of the molecule is Cc1c(OCCCCCCCl)ccc2cc(OCC(C)C)ccc12. The summed E-state index contributed by atoms with van der Waals surface area (Å²) in [6.45, 7) is 7.95. The highest BCUT2D eigenvalue weighted by molar-refractivity contribution is 6.17. The van der Waals surface area contributed by atoms with Crippen molar-refractivity contribution >= 4 is 22.4 Å². The number of hydrogen-bond donors (Lipinski definition) is 0. The van der Waals surface area contributed by atoms with Gasteiger partial charge in [0.2, 0.25) is 0 Å². The predicted octanol–water partition coefficient (Wildman–Crippen LogP) is 6.36. The van der Waals surface area contributed by atoms with Gasteiger partial charge in [0.1, 0.15) is 11.5 Å². The highest BCUT2D eigenvalue weighted by Gasteiger charge is 2.06. The number of hydrogen-bond acceptors (Lipinski definition) is 2. The summed E-state index contributed by atoms with van der Waals surface area (Å²) in [6.07, 6.45) is 4.53. The monoisotopic (exact) mass is 348 g/mol. The highest BCUT2D eigenvalue weighted by atomic mass is 35.5. The summed E-state index contributed by atoms with van der Waals surface area (Å²) in [5.74, 6) is 3.20. The molecule has 3 heteroatoms. The van der Waals surface area contributed by atoms with Crippen molar-refractivity contribution in [3.63, 3.8) is 0 Å². The van der Waals surface area contributed by atoms with Crippen LogP contribution in [-0.2, 0) is 0 Å². The number of ether oxygens (including phenoxy) is 2. The summed E-state index contributed by atoms with van der Waals surface area (Å²) in [5, 5.41) is 2.43. The van der Waals surface area contributed by atoms with E-state index in [1.807, 2.05) is 6.07 Å². The van der Waals surface area contributed by atoms with E-state index in [4.69, 9.17) is 21.1 Å². The normalized spacial score (nSPS) is 11.2. The first-order valence-electron chi connectivity index (χ1n) is 8.96. The van der Waals surface area contributed by atoms with E-state index in [0.717, 1.165) is 43.4 Å². The van der Waals surface area contributed by atoms with Crippen molar-refractivity contribution in [3.8, 4) is 11.5 Å². The summed E-state index contributed by atoms with van der Waals surface area (Å²) in [6, 6.07) is 10.5. The van der Waals surface area contributed by atoms with Crippen LogP contribution in [-0.4, -0.2) is 19.1 Å². The quantitative estimate of drug-likeness (QED) is 0.367. The molecule has 0 bridgehead atoms. The van der Waals surface area contributed by atoms with E-state index in [0.29, 0.717) is 5.92 Å². The Morgan fingerprint density at radius 3 is 2.50 bits per heavy atom. The molecule has 132 valence electrons. The first kappa shape index (κ1) is 18.9. The van der Waals surface area contributed by atoms with E-state index in [9.17, 15) is 0 Å². The van der Waals surface area contributed by atoms with E-state index in [1.54, 1.807) is 0 Å². The lowest BCUT2D eigenvalue weighted by molar-refractivity contribution is 0.271. The van der Waals surface area contributed by atoms with Gasteiger partial charge in [0, 0.05) is 5.88 Å². The van der Waals surface area contributed by atoms with E-state index >= 15 is 0 Å². The van der Waals surface area contributed by atoms with E-state index < -0.39 is 0 Å². The first-order chi connectivity index (χ1) is 11.6. The van der Waals surface area contributed by atoms with E-state index in [2.05, 4.69) is 45.0 Å². The van der Waals surface area contributed by atoms with Gasteiger partial charge in [-0.15, -0.1) is 11.6 Å². The zero-order valence-electron chi connectivity index (χ0n) is 15.1. The number of aryl methyl sites for hydroxylation is 1. The van der Waals surface area contributed by atoms with Gasteiger partial charge in [-0.2, -0.15) is 0 Å². The average Bonchev–Trinajstić information content (AvgIpc) is 2.58. The van der Waals surface area contributed by atoms with Gasteiger partial charge in [0.05, 0.1) is 13.2 Å². The first-order valence-corrected chi connectivity index (χ1v) is 9.50. The van der Waals surface area contributed by atoms with Crippen LogP contribution in [0.15, 0.2) is 30.3 Å². The van der Waals surface area contributed by atoms with Crippen LogP contribution in [0, 0.1) is 12.8 Å². The second-order valence-electron chi connectivity index (χ2n) is 6.73. The molecule has 0 saturated carbocycles. The van der Waals surface area contributed by atoms with Crippen molar-refractivity contribution in [1.29, 1.82) is 0 Å². The third-order valence-corrected chi connectivity index (χ3v) is 4.35. The zero-order chi connectivity index (χ0) is 17.4. The van der Waals surface area contributed by atoms with Crippen LogP contribution in [0.1, 0.15) is 45.1 Å². The molecule has 0 aliphatic heterocycles. The molecule has 2 rings (SSSR count). The van der Waals surface area contributed by atoms with Gasteiger partial charge in [-0.1, -0.05) is 38.8 Å². The zero-order valence-corrected chi connectivity index (χ0v) is 15.9. The highest BCUT2D eigenvalue weighted by Crippen LogP contribution is 2.30. The maximum atomic E-state index is 5.97. The molecular formula is C21H29ClO2. The molecule has 0 heterocycles. The molecule has 0 aromatic heterocycles. The molecule has 0 aliphatic rings. The number of benzene rings is 2. The molecule has 0 radical (unpaired) electrons. The van der Waals surface area contributed by atoms with Gasteiger partial charge in [-0.05, 0) is 60.2 Å². The van der Waals surface area contributed by atoms with Crippen molar-refractivity contribution in [1.82, 2.24) is 0 Å². The van der Waals surface area contributed by atoms with Crippen LogP contribution in [0.3, 0.4) is 0 Å². The number of rotatable bonds is 10. The number of fused-ring (bicyclic) bond motifs is 1. The van der Waals surface area contributed by atoms with Gasteiger partial charge in [0.15, 0.2) is 0 Å². The van der Waals surface area contributed by atoms with Crippen LogP contribution in [0.2, 0.25) is 0 Å². The molecule has 2 aromatic carbocycles. The average molecular weight is 349 g/mol. The number of alkyl halides is 1. The van der Waals surface area contributed by atoms with Gasteiger partial charge >= 0.3 is 0 Å². The van der Waals surface area contributed by atoms with Gasteiger partial charge in [0.25, 0.3) is 0 Å². The van der Waals surface area contributed by atoms with Gasteiger partial charge < -0.3 is 9.47 Å². The molecule has 24 heavy (non-hydrogen) atoms. The largest absolute Gasteiger partial charge is 0.493 e. The lowest BCUT2D eigenvalue weighted by Gasteiger charge is -2.13. The van der Waals surface area contributed by atoms with Crippen molar-refractivity contribution in [2.45, 2.75) is 46.5 Å². The maximum Gasteiger partial charge on any atom is 0.122 e. The summed E-state index contributed by atoms with van der Waals surface area (Å²) < 4.78 is 11.8. The Hall–Kier alpha value is -1.41. The molecule has 0 N–H and O–H groups in total. The molecule has 2 nitrogen and oxygen atoms in total. The van der Waals surface area contributed by atoms with Gasteiger partial charge in [-0.25, -0.2) is 0 Å². The van der Waals surface area contributed by atoms with Crippen LogP contribution in [0.5, 0.6) is 11.5 Å². The molecule has 0 unspecified atom stereocenters. The van der Waals surface area contributed by atoms with E-state index in [1.165, 1.54) is 29.2 Å². The molecule has 0 saturated heterocycles. The van der Waals surface area contributed by atoms with Crippen LogP contribution in [0.25, 0.3) is 10.8 Å². The minimum absolute atomic E-state index is 0.530. The third kappa shape index (κ3) is 5.59. The topological polar surface area (TPSA) is 18.5 Å². The fourth-order valence-corrected chi connectivity index (χ4v) is 2.87. The molecule has 0 fully saturated rings. The van der Waals surface area contributed by atoms with Crippen LogP contribution in [0.4, 0.5) is 0 Å². The Bertz CT molecular complexity index is 637. The van der Waals surface area contributed by atoms with Crippen LogP contribution < -0.4 is 9.47 Å². The summed E-state index contributed by atoms with van der Waals surface area (Å²) in [7, 11) is 0. The van der Waals surface area contributed by atoms with Crippen molar-refractivity contribution < 1.29 is 9.47 Å². The lowest BCUT2D eigenvalue weighted by Crippen LogP contribution is -2.04. The van der Waals surface area contributed by atoms with Crippen molar-refractivity contribution in [2.75, 3.05) is 19.1 Å². The Balaban J connectivity index is 1.98. The minimum Gasteiger partial charge on any atom is -0.493 e. The Morgan fingerprint density at radius 1 is 0.958 bits per heavy atom. The van der Waals surface area contributed by atoms with E-state index in [-0.39, 0.29) is 0 Å². The Labute approximate surface area is 151 Å². The molecule has 0 atom stereocenters. The summed E-state index contributed by atoms with van der Waals surface area (Å²) >= 11 is 5.69. The fraction of sp³-hybridized carbons (Fsp3) is 0.524. The van der Waals surface area contributed by atoms with Crippen molar-refractivity contribution in [2.24, 2.45) is 5.92 Å². The lowest BCUT2D eigenvalue weighted by atomic mass is 10.0. The van der Waals surface area contributed by atoms with Crippen LogP contribution >= 0.6 is 11.6 Å². The molecule has 0 aliphatic carbocycles. The number of unbranched alkanes of at least 4 members (excludes halogenated alkanes) is 3. The molecule has 2 aromatic rings. The Kier molecular flexibility index (Phi) is 7.71. The smallest absolute Gasteiger partial charge is 0.122 e. The van der Waals surface area contributed by atoms with Crippen molar-refractivity contribution in [3.05, 3.63) is 35.9 Å². The second-order valence-corrected chi connectivity index (χ2v) is 7.11. The third-order valence-electron chi connectivity index (χ3n) is 4.08. The number of halogens is 1. The summed E-state index contributed by atoms with van der Waals surface area (Å²) in [5.41, 5.74) is 1.20. The maximum absolute atomic E-state index is 5.97. The Morgan fingerprint density at radius 2 is 1.75 bits per heavy atom. The second kappa shape index (κ2) is 9.78. The minimum atomic E-state index is 0.530. The van der Waals surface area contributed by atoms with Gasteiger partial charge in [-0.3, -0.25) is 0 Å².